The average molecular weight is 253 g/mol. The van der Waals surface area contributed by atoms with E-state index in [9.17, 15) is 9.59 Å². The van der Waals surface area contributed by atoms with Crippen molar-refractivity contribution < 1.29 is 9.59 Å². The highest BCUT2D eigenvalue weighted by Crippen LogP contribution is 2.34. The minimum atomic E-state index is -0.0899. The third-order valence-electron chi connectivity index (χ3n) is 4.04. The quantitative estimate of drug-likeness (QED) is 0.731. The Morgan fingerprint density at radius 3 is 2.67 bits per heavy atom. The molecule has 2 aliphatic heterocycles. The molecule has 3 atom stereocenters. The van der Waals surface area contributed by atoms with E-state index >= 15 is 0 Å². The van der Waals surface area contributed by atoms with Gasteiger partial charge in [-0.05, 0) is 25.7 Å². The fourth-order valence-electron chi connectivity index (χ4n) is 3.12. The molecule has 2 rings (SSSR count). The normalized spacial score (nSPS) is 29.3. The Balaban J connectivity index is 1.97. The predicted molar refractivity (Wildman–Crippen MR) is 69.0 cm³/mol. The topological polar surface area (TPSA) is 61.4 Å². The predicted octanol–water partition coefficient (Wildman–Crippen LogP) is 0.112. The molecule has 18 heavy (non-hydrogen) atoms. The van der Waals surface area contributed by atoms with Crippen molar-refractivity contribution in [3.8, 4) is 0 Å². The summed E-state index contributed by atoms with van der Waals surface area (Å²) in [6, 6.07) is 0.860. The Morgan fingerprint density at radius 1 is 1.39 bits per heavy atom. The third-order valence-corrected chi connectivity index (χ3v) is 4.04. The number of nitrogens with zero attached hydrogens (tertiary/aromatic N) is 1. The van der Waals surface area contributed by atoms with Gasteiger partial charge < -0.3 is 15.5 Å². The number of carbonyl (C=O) groups excluding carboxylic acids is 2. The summed E-state index contributed by atoms with van der Waals surface area (Å²) in [4.78, 5) is 25.7. The monoisotopic (exact) mass is 253 g/mol. The SMILES string of the molecule is CCCN(CC(=O)NC)C(=O)C1CC2CCC1N2. The molecule has 2 fully saturated rings. The van der Waals surface area contributed by atoms with Gasteiger partial charge in [-0.1, -0.05) is 6.92 Å². The van der Waals surface area contributed by atoms with Crippen LogP contribution >= 0.6 is 0 Å². The fraction of sp³-hybridized carbons (Fsp3) is 0.846. The number of hydrogen-bond donors (Lipinski definition) is 2. The van der Waals surface area contributed by atoms with Crippen LogP contribution in [0.4, 0.5) is 0 Å². The van der Waals surface area contributed by atoms with Crippen molar-refractivity contribution in [2.75, 3.05) is 20.1 Å². The Hall–Kier alpha value is -1.10. The summed E-state index contributed by atoms with van der Waals surface area (Å²) in [5.74, 6) is 0.146. The molecule has 2 N–H and O–H groups in total. The Labute approximate surface area is 108 Å². The lowest BCUT2D eigenvalue weighted by Gasteiger charge is -2.28. The molecule has 0 aromatic rings. The molecule has 2 bridgehead atoms. The van der Waals surface area contributed by atoms with Crippen LogP contribution in [0.5, 0.6) is 0 Å². The minimum absolute atomic E-state index is 0.0833. The number of likely N-dealkylation sites (N-methyl/N-ethyl adjacent to an activating group) is 1. The zero-order valence-corrected chi connectivity index (χ0v) is 11.2. The van der Waals surface area contributed by atoms with E-state index in [-0.39, 0.29) is 24.3 Å². The van der Waals surface area contributed by atoms with Crippen molar-refractivity contribution in [1.29, 1.82) is 0 Å². The van der Waals surface area contributed by atoms with Gasteiger partial charge in [0.25, 0.3) is 0 Å². The van der Waals surface area contributed by atoms with Gasteiger partial charge in [-0.15, -0.1) is 0 Å². The molecule has 0 aromatic heterocycles. The highest BCUT2D eigenvalue weighted by atomic mass is 16.2. The first kappa shape index (κ1) is 13.3. The molecule has 2 aliphatic rings. The van der Waals surface area contributed by atoms with Crippen molar-refractivity contribution >= 4 is 11.8 Å². The van der Waals surface area contributed by atoms with E-state index in [1.165, 1.54) is 6.42 Å². The molecule has 2 heterocycles. The molecule has 5 heteroatoms. The second-order valence-corrected chi connectivity index (χ2v) is 5.32. The van der Waals surface area contributed by atoms with Crippen LogP contribution in [0.25, 0.3) is 0 Å². The molecule has 102 valence electrons. The molecule has 0 saturated carbocycles. The molecule has 2 amide bonds. The van der Waals surface area contributed by atoms with Gasteiger partial charge in [0, 0.05) is 25.7 Å². The van der Waals surface area contributed by atoms with Gasteiger partial charge in [-0.3, -0.25) is 9.59 Å². The van der Waals surface area contributed by atoms with Gasteiger partial charge in [-0.25, -0.2) is 0 Å². The Bertz CT molecular complexity index is 332. The van der Waals surface area contributed by atoms with Crippen LogP contribution in [0, 0.1) is 5.92 Å². The number of carbonyl (C=O) groups is 2. The number of fused-ring (bicyclic) bond motifs is 2. The fourth-order valence-corrected chi connectivity index (χ4v) is 3.12. The summed E-state index contributed by atoms with van der Waals surface area (Å²) >= 11 is 0. The van der Waals surface area contributed by atoms with Gasteiger partial charge in [0.1, 0.15) is 0 Å². The van der Waals surface area contributed by atoms with Crippen LogP contribution in [0.15, 0.2) is 0 Å². The van der Waals surface area contributed by atoms with Crippen molar-refractivity contribution in [1.82, 2.24) is 15.5 Å². The Kier molecular flexibility index (Phi) is 4.22. The first-order valence-corrected chi connectivity index (χ1v) is 6.91. The zero-order chi connectivity index (χ0) is 13.1. The molecular formula is C13H23N3O2. The lowest BCUT2D eigenvalue weighted by Crippen LogP contribution is -2.45. The van der Waals surface area contributed by atoms with E-state index < -0.39 is 0 Å². The highest BCUT2D eigenvalue weighted by molar-refractivity contribution is 5.86. The summed E-state index contributed by atoms with van der Waals surface area (Å²) in [5.41, 5.74) is 0. The van der Waals surface area contributed by atoms with E-state index in [1.54, 1.807) is 11.9 Å². The first-order valence-electron chi connectivity index (χ1n) is 6.91. The van der Waals surface area contributed by atoms with E-state index in [0.717, 1.165) is 19.3 Å². The summed E-state index contributed by atoms with van der Waals surface area (Å²) in [7, 11) is 1.61. The second-order valence-electron chi connectivity index (χ2n) is 5.32. The molecule has 3 unspecified atom stereocenters. The Morgan fingerprint density at radius 2 is 2.17 bits per heavy atom. The van der Waals surface area contributed by atoms with Crippen LogP contribution < -0.4 is 10.6 Å². The smallest absolute Gasteiger partial charge is 0.239 e. The number of hydrogen-bond acceptors (Lipinski definition) is 3. The van der Waals surface area contributed by atoms with Crippen molar-refractivity contribution in [3.63, 3.8) is 0 Å². The molecule has 2 saturated heterocycles. The largest absolute Gasteiger partial charge is 0.358 e. The molecule has 0 aromatic carbocycles. The lowest BCUT2D eigenvalue weighted by molar-refractivity contribution is -0.139. The lowest BCUT2D eigenvalue weighted by atomic mass is 9.88. The second kappa shape index (κ2) is 5.69. The third kappa shape index (κ3) is 2.66. The van der Waals surface area contributed by atoms with E-state index in [1.807, 2.05) is 6.92 Å². The van der Waals surface area contributed by atoms with Crippen LogP contribution in [-0.2, 0) is 9.59 Å². The van der Waals surface area contributed by atoms with Gasteiger partial charge >= 0.3 is 0 Å². The van der Waals surface area contributed by atoms with Crippen molar-refractivity contribution in [2.24, 2.45) is 5.92 Å². The van der Waals surface area contributed by atoms with Crippen LogP contribution in [-0.4, -0.2) is 48.9 Å². The van der Waals surface area contributed by atoms with Gasteiger partial charge in [-0.2, -0.15) is 0 Å². The van der Waals surface area contributed by atoms with E-state index in [2.05, 4.69) is 10.6 Å². The maximum Gasteiger partial charge on any atom is 0.239 e. The van der Waals surface area contributed by atoms with Gasteiger partial charge in [0.15, 0.2) is 0 Å². The molecular weight excluding hydrogens is 230 g/mol. The first-order chi connectivity index (χ1) is 8.65. The van der Waals surface area contributed by atoms with E-state index in [4.69, 9.17) is 0 Å². The molecule has 5 nitrogen and oxygen atoms in total. The van der Waals surface area contributed by atoms with Crippen LogP contribution in [0.3, 0.4) is 0 Å². The minimum Gasteiger partial charge on any atom is -0.358 e. The number of amides is 2. The van der Waals surface area contributed by atoms with Crippen LogP contribution in [0.2, 0.25) is 0 Å². The van der Waals surface area contributed by atoms with Crippen LogP contribution in [0.1, 0.15) is 32.6 Å². The maximum absolute atomic E-state index is 12.5. The molecule has 0 spiro atoms. The maximum atomic E-state index is 12.5. The van der Waals surface area contributed by atoms with Crippen molar-refractivity contribution in [2.45, 2.75) is 44.7 Å². The molecule has 0 radical (unpaired) electrons. The summed E-state index contributed by atoms with van der Waals surface area (Å²) < 4.78 is 0. The highest BCUT2D eigenvalue weighted by Gasteiger charge is 2.44. The van der Waals surface area contributed by atoms with Gasteiger partial charge in [0.2, 0.25) is 11.8 Å². The summed E-state index contributed by atoms with van der Waals surface area (Å²) in [5, 5.41) is 6.06. The summed E-state index contributed by atoms with van der Waals surface area (Å²) in [6.07, 6.45) is 4.12. The molecule has 0 aliphatic carbocycles. The summed E-state index contributed by atoms with van der Waals surface area (Å²) in [6.45, 7) is 2.89. The van der Waals surface area contributed by atoms with Gasteiger partial charge in [0.05, 0.1) is 12.5 Å². The zero-order valence-electron chi connectivity index (χ0n) is 11.2. The average Bonchev–Trinajstić information content (AvgIpc) is 2.99. The van der Waals surface area contributed by atoms with E-state index in [0.29, 0.717) is 18.6 Å². The number of rotatable bonds is 5. The van der Waals surface area contributed by atoms with Crippen molar-refractivity contribution in [3.05, 3.63) is 0 Å². The number of nitrogens with one attached hydrogen (secondary N) is 2. The standard InChI is InChI=1S/C13H23N3O2/c1-3-6-16(8-12(17)14-2)13(18)10-7-9-4-5-11(10)15-9/h9-11,15H,3-8H2,1-2H3,(H,14,17).